The number of phenols is 1. The van der Waals surface area contributed by atoms with E-state index >= 15 is 0 Å². The fraction of sp³-hybridized carbons (Fsp3) is 0.516. The zero-order valence-corrected chi connectivity index (χ0v) is 25.9. The number of phenolic OH excluding ortho intramolecular Hbond substituents is 1. The number of methoxy groups -OCH3 is 1. The number of likely N-dealkylation sites (N-methyl/N-ethyl adjacent to an activating group) is 1. The number of nitrogens with zero attached hydrogens (tertiary/aromatic N) is 3. The molecule has 7 atom stereocenters. The molecule has 0 aromatic heterocycles. The third kappa shape index (κ3) is 3.94. The Bertz CT molecular complexity index is 1640. The Morgan fingerprint density at radius 2 is 1.93 bits per heavy atom. The molecule has 5 aliphatic rings. The van der Waals surface area contributed by atoms with Gasteiger partial charge in [0.15, 0.2) is 23.0 Å². The first-order chi connectivity index (χ1) is 21.1. The van der Waals surface area contributed by atoms with Crippen LogP contribution in [0.25, 0.3) is 0 Å². The highest BCUT2D eigenvalue weighted by atomic mass is 32.2. The number of aryl methyl sites for hydroxylation is 1. The molecule has 0 spiro atoms. The second-order valence-electron chi connectivity index (χ2n) is 12.0. The standard InChI is InChI=1S/C31H34N4O8S/c1-12-6-15-7-17-18(8-32)35-19-9-40-31(38)16(33)10-44-30(24(35)23(34(17)4)20(15)25(37)26(12)39-5)22-21(19)29-28(41-11-42-29)13(2)27(22)43-14(3)36/h6,16-19,23-24,30,37H,7,9-11,33H2,1-5H3/t16-,17-,18-,19-,23+,24+,30-/m0/s1. The Morgan fingerprint density at radius 1 is 1.18 bits per heavy atom. The van der Waals surface area contributed by atoms with Crippen molar-refractivity contribution in [1.82, 2.24) is 9.80 Å². The number of fused-ring (bicyclic) bond motifs is 9. The molecule has 12 nitrogen and oxygen atoms in total. The summed E-state index contributed by atoms with van der Waals surface area (Å²) in [6, 6.07) is 1.36. The van der Waals surface area contributed by atoms with Crippen LogP contribution in [0.15, 0.2) is 6.07 Å². The lowest BCUT2D eigenvalue weighted by atomic mass is 9.71. The lowest BCUT2D eigenvalue weighted by Gasteiger charge is -2.61. The monoisotopic (exact) mass is 622 g/mol. The summed E-state index contributed by atoms with van der Waals surface area (Å²) in [6.07, 6.45) is 0.522. The summed E-state index contributed by atoms with van der Waals surface area (Å²) >= 11 is 1.44. The van der Waals surface area contributed by atoms with E-state index in [1.54, 1.807) is 0 Å². The lowest BCUT2D eigenvalue weighted by Crippen LogP contribution is -2.69. The molecule has 0 radical (unpaired) electrons. The van der Waals surface area contributed by atoms with Crippen molar-refractivity contribution in [2.24, 2.45) is 5.73 Å². The van der Waals surface area contributed by atoms with Crippen molar-refractivity contribution in [2.75, 3.05) is 33.3 Å². The van der Waals surface area contributed by atoms with E-state index in [1.807, 2.05) is 27.0 Å². The first kappa shape index (κ1) is 29.0. The van der Waals surface area contributed by atoms with E-state index in [-0.39, 0.29) is 30.9 Å². The number of piperazine rings is 1. The van der Waals surface area contributed by atoms with Crippen LogP contribution in [-0.2, 0) is 20.7 Å². The van der Waals surface area contributed by atoms with Crippen LogP contribution in [0.4, 0.5) is 0 Å². The van der Waals surface area contributed by atoms with Gasteiger partial charge in [-0.1, -0.05) is 6.07 Å². The molecule has 0 unspecified atom stereocenters. The SMILES string of the molecule is COc1c(C)cc2c(c1O)[C@@H]1[C@@H]3[C@H]4SC[C@H](N)C(=O)OC[C@@H](c5c6c(c(C)c(OC(C)=O)c54)OCO6)N3[C@@H](C#N)[C@H](C2)N1C. The molecule has 5 heterocycles. The molecule has 232 valence electrons. The maximum Gasteiger partial charge on any atom is 0.323 e. The molecule has 5 aliphatic heterocycles. The van der Waals surface area contributed by atoms with Crippen LogP contribution >= 0.6 is 11.8 Å². The van der Waals surface area contributed by atoms with Gasteiger partial charge >= 0.3 is 11.9 Å². The number of carbonyl (C=O) groups is 2. The van der Waals surface area contributed by atoms with Gasteiger partial charge in [-0.2, -0.15) is 5.26 Å². The molecule has 2 saturated heterocycles. The maximum atomic E-state index is 13.0. The third-order valence-corrected chi connectivity index (χ3v) is 11.1. The molecule has 2 fully saturated rings. The molecule has 0 aliphatic carbocycles. The molecule has 44 heavy (non-hydrogen) atoms. The normalized spacial score (nSPS) is 30.4. The van der Waals surface area contributed by atoms with Crippen molar-refractivity contribution in [1.29, 1.82) is 5.26 Å². The number of rotatable bonds is 2. The summed E-state index contributed by atoms with van der Waals surface area (Å²) < 4.78 is 29.4. The van der Waals surface area contributed by atoms with E-state index in [2.05, 4.69) is 15.9 Å². The Morgan fingerprint density at radius 3 is 2.64 bits per heavy atom. The minimum absolute atomic E-state index is 0.0270. The number of cyclic esters (lactones) is 1. The second kappa shape index (κ2) is 10.4. The van der Waals surface area contributed by atoms with Gasteiger partial charge in [-0.25, -0.2) is 0 Å². The molecule has 4 bridgehead atoms. The molecule has 0 saturated carbocycles. The van der Waals surface area contributed by atoms with Gasteiger partial charge in [-0.05, 0) is 38.4 Å². The van der Waals surface area contributed by atoms with Crippen molar-refractivity contribution in [3.05, 3.63) is 39.4 Å². The van der Waals surface area contributed by atoms with Crippen LogP contribution in [0.1, 0.15) is 57.6 Å². The molecule has 7 rings (SSSR count). The highest BCUT2D eigenvalue weighted by Crippen LogP contribution is 2.64. The average Bonchev–Trinajstić information content (AvgIpc) is 3.47. The summed E-state index contributed by atoms with van der Waals surface area (Å²) in [5.74, 6) is 0.953. The van der Waals surface area contributed by atoms with Crippen LogP contribution in [0.2, 0.25) is 0 Å². The molecule has 3 N–H and O–H groups in total. The van der Waals surface area contributed by atoms with E-state index in [1.165, 1.54) is 25.8 Å². The maximum absolute atomic E-state index is 13.0. The van der Waals surface area contributed by atoms with E-state index < -0.39 is 47.4 Å². The smallest absolute Gasteiger partial charge is 0.323 e. The van der Waals surface area contributed by atoms with E-state index in [0.29, 0.717) is 40.5 Å². The largest absolute Gasteiger partial charge is 0.504 e. The first-order valence-electron chi connectivity index (χ1n) is 14.5. The van der Waals surface area contributed by atoms with Gasteiger partial charge in [-0.15, -0.1) is 11.8 Å². The summed E-state index contributed by atoms with van der Waals surface area (Å²) in [4.78, 5) is 29.8. The van der Waals surface area contributed by atoms with Crippen molar-refractivity contribution in [3.63, 3.8) is 0 Å². The van der Waals surface area contributed by atoms with Crippen LogP contribution in [0.3, 0.4) is 0 Å². The third-order valence-electron chi connectivity index (χ3n) is 9.69. The minimum Gasteiger partial charge on any atom is -0.504 e. The Kier molecular flexibility index (Phi) is 6.89. The van der Waals surface area contributed by atoms with E-state index in [0.717, 1.165) is 22.3 Å². The van der Waals surface area contributed by atoms with Gasteiger partial charge in [-0.3, -0.25) is 19.4 Å². The fourth-order valence-corrected chi connectivity index (χ4v) is 9.42. The van der Waals surface area contributed by atoms with Gasteiger partial charge in [0, 0.05) is 47.0 Å². The highest BCUT2D eigenvalue weighted by molar-refractivity contribution is 7.99. The number of carbonyl (C=O) groups excluding carboxylic acids is 2. The van der Waals surface area contributed by atoms with Gasteiger partial charge < -0.3 is 34.5 Å². The molecular weight excluding hydrogens is 588 g/mol. The first-order valence-corrected chi connectivity index (χ1v) is 15.6. The van der Waals surface area contributed by atoms with Crippen LogP contribution in [0, 0.1) is 25.2 Å². The highest BCUT2D eigenvalue weighted by Gasteiger charge is 2.60. The summed E-state index contributed by atoms with van der Waals surface area (Å²) in [7, 11) is 3.51. The quantitative estimate of drug-likeness (QED) is 0.372. The molecule has 2 aromatic carbocycles. The number of esters is 2. The number of thioether (sulfide) groups is 1. The topological polar surface area (TPSA) is 157 Å². The van der Waals surface area contributed by atoms with Crippen molar-refractivity contribution in [2.45, 2.75) is 68.7 Å². The average molecular weight is 623 g/mol. The number of aromatic hydroxyl groups is 1. The fourth-order valence-electron chi connectivity index (χ4n) is 7.98. The second-order valence-corrected chi connectivity index (χ2v) is 13.2. The van der Waals surface area contributed by atoms with E-state index in [9.17, 15) is 20.0 Å². The summed E-state index contributed by atoms with van der Waals surface area (Å²) in [6.45, 7) is 4.93. The summed E-state index contributed by atoms with van der Waals surface area (Å²) in [5, 5.41) is 22.1. The van der Waals surface area contributed by atoms with Crippen molar-refractivity contribution in [3.8, 4) is 34.8 Å². The van der Waals surface area contributed by atoms with Gasteiger partial charge in [0.25, 0.3) is 0 Å². The van der Waals surface area contributed by atoms with E-state index in [4.69, 9.17) is 29.4 Å². The van der Waals surface area contributed by atoms with Crippen LogP contribution in [-0.4, -0.2) is 84.3 Å². The van der Waals surface area contributed by atoms with Gasteiger partial charge in [0.1, 0.15) is 24.4 Å². The minimum atomic E-state index is -0.890. The predicted molar refractivity (Wildman–Crippen MR) is 158 cm³/mol. The number of nitriles is 1. The Labute approximate surface area is 258 Å². The Balaban J connectivity index is 1.56. The van der Waals surface area contributed by atoms with Gasteiger partial charge in [0.05, 0.1) is 30.5 Å². The number of hydrogen-bond donors (Lipinski definition) is 2. The Hall–Kier alpha value is -3.70. The van der Waals surface area contributed by atoms with Crippen molar-refractivity contribution >= 4 is 23.7 Å². The number of ether oxygens (including phenoxy) is 5. The number of hydrogen-bond acceptors (Lipinski definition) is 13. The lowest BCUT2D eigenvalue weighted by molar-refractivity contribution is -0.150. The molecule has 2 aromatic rings. The predicted octanol–water partition coefficient (Wildman–Crippen LogP) is 2.56. The molecular formula is C31H34N4O8S. The molecule has 0 amide bonds. The zero-order chi connectivity index (χ0) is 31.2. The van der Waals surface area contributed by atoms with Gasteiger partial charge in [0.2, 0.25) is 6.79 Å². The number of nitrogens with two attached hydrogens (primary N) is 1. The summed E-state index contributed by atoms with van der Waals surface area (Å²) in [5.41, 5.74) is 10.8. The molecule has 13 heteroatoms. The zero-order valence-electron chi connectivity index (χ0n) is 25.1. The van der Waals surface area contributed by atoms with Crippen LogP contribution in [0.5, 0.6) is 28.7 Å². The van der Waals surface area contributed by atoms with Crippen molar-refractivity contribution < 1.29 is 38.4 Å². The van der Waals surface area contributed by atoms with Crippen LogP contribution < -0.4 is 24.7 Å². The number of benzene rings is 2.